The van der Waals surface area contributed by atoms with Crippen molar-refractivity contribution in [3.8, 4) is 0 Å². The summed E-state index contributed by atoms with van der Waals surface area (Å²) < 4.78 is 1.34. The first-order chi connectivity index (χ1) is 6.92. The monoisotopic (exact) mass is 225 g/mol. The highest BCUT2D eigenvalue weighted by Crippen LogP contribution is 2.28. The molecule has 2 rings (SSSR count). The minimum atomic E-state index is 0.716. The van der Waals surface area contributed by atoms with Crippen molar-refractivity contribution in [2.45, 2.75) is 6.42 Å². The zero-order chi connectivity index (χ0) is 9.80. The second-order valence-electron chi connectivity index (χ2n) is 3.11. The molecule has 1 aromatic carbocycles. The molecule has 0 unspecified atom stereocenters. The van der Waals surface area contributed by atoms with E-state index in [9.17, 15) is 0 Å². The van der Waals surface area contributed by atoms with E-state index in [2.05, 4.69) is 35.0 Å². The molecule has 0 amide bonds. The molecule has 1 aromatic heterocycles. The molecule has 0 atom stereocenters. The van der Waals surface area contributed by atoms with Crippen LogP contribution < -0.4 is 5.32 Å². The van der Waals surface area contributed by atoms with E-state index in [0.29, 0.717) is 5.88 Å². The predicted octanol–water partition coefficient (Wildman–Crippen LogP) is 3.94. The van der Waals surface area contributed by atoms with Gasteiger partial charge >= 0.3 is 0 Å². The third kappa shape index (κ3) is 2.02. The molecule has 1 heterocycles. The maximum atomic E-state index is 5.63. The van der Waals surface area contributed by atoms with Crippen LogP contribution in [-0.2, 0) is 0 Å². The normalized spacial score (nSPS) is 10.6. The number of anilines is 1. The molecule has 0 aliphatic carbocycles. The maximum Gasteiger partial charge on any atom is 0.0574 e. The smallest absolute Gasteiger partial charge is 0.0574 e. The van der Waals surface area contributed by atoms with E-state index in [-0.39, 0.29) is 0 Å². The molecule has 3 heteroatoms. The molecule has 0 fully saturated rings. The number of hydrogen-bond acceptors (Lipinski definition) is 2. The summed E-state index contributed by atoms with van der Waals surface area (Å²) in [5.41, 5.74) is 1.22. The Hall–Kier alpha value is -0.730. The van der Waals surface area contributed by atoms with Crippen LogP contribution in [0.3, 0.4) is 0 Å². The fraction of sp³-hybridized carbons (Fsp3) is 0.273. The fourth-order valence-electron chi connectivity index (χ4n) is 1.42. The predicted molar refractivity (Wildman–Crippen MR) is 65.7 cm³/mol. The lowest BCUT2D eigenvalue weighted by Crippen LogP contribution is -2.01. The molecule has 0 aliphatic rings. The Labute approximate surface area is 92.7 Å². The Bertz CT molecular complexity index is 410. The second kappa shape index (κ2) is 4.67. The highest BCUT2D eigenvalue weighted by molar-refractivity contribution is 7.17. The molecule has 0 spiro atoms. The second-order valence-corrected chi connectivity index (χ2v) is 4.41. The van der Waals surface area contributed by atoms with E-state index in [1.165, 1.54) is 15.8 Å². The minimum Gasteiger partial charge on any atom is -0.384 e. The molecular formula is C11H12ClNS. The number of thiophene rings is 1. The molecule has 2 aromatic rings. The van der Waals surface area contributed by atoms with E-state index in [0.717, 1.165) is 13.0 Å². The number of nitrogens with one attached hydrogen (secondary N) is 1. The van der Waals surface area contributed by atoms with Gasteiger partial charge in [0.05, 0.1) is 10.4 Å². The summed E-state index contributed by atoms with van der Waals surface area (Å²) in [7, 11) is 0. The van der Waals surface area contributed by atoms with Gasteiger partial charge in [0.25, 0.3) is 0 Å². The molecule has 0 bridgehead atoms. The number of benzene rings is 1. The van der Waals surface area contributed by atoms with Gasteiger partial charge in [-0.2, -0.15) is 0 Å². The summed E-state index contributed by atoms with van der Waals surface area (Å²) in [6, 6.07) is 8.48. The number of halogens is 1. The van der Waals surface area contributed by atoms with Gasteiger partial charge in [-0.15, -0.1) is 22.9 Å². The zero-order valence-electron chi connectivity index (χ0n) is 7.79. The SMILES string of the molecule is ClCCCNc1cccc2ccsc12. The quantitative estimate of drug-likeness (QED) is 0.614. The molecule has 1 N–H and O–H groups in total. The van der Waals surface area contributed by atoms with Crippen LogP contribution in [0.5, 0.6) is 0 Å². The van der Waals surface area contributed by atoms with Gasteiger partial charge in [-0.1, -0.05) is 12.1 Å². The highest BCUT2D eigenvalue weighted by Gasteiger charge is 2.00. The Morgan fingerprint density at radius 2 is 2.21 bits per heavy atom. The van der Waals surface area contributed by atoms with Gasteiger partial charge in [0, 0.05) is 12.4 Å². The van der Waals surface area contributed by atoms with Gasteiger partial charge in [-0.3, -0.25) is 0 Å². The van der Waals surface area contributed by atoms with Crippen LogP contribution >= 0.6 is 22.9 Å². The van der Waals surface area contributed by atoms with E-state index in [1.807, 2.05) is 0 Å². The lowest BCUT2D eigenvalue weighted by atomic mass is 10.2. The van der Waals surface area contributed by atoms with Gasteiger partial charge in [0.15, 0.2) is 0 Å². The molecule has 74 valence electrons. The Kier molecular flexibility index (Phi) is 3.27. The first-order valence-electron chi connectivity index (χ1n) is 4.68. The standard InChI is InChI=1S/C11H12ClNS/c12-6-2-7-13-10-4-1-3-9-5-8-14-11(9)10/h1,3-5,8,13H,2,6-7H2. The van der Waals surface area contributed by atoms with Crippen LogP contribution in [0.2, 0.25) is 0 Å². The van der Waals surface area contributed by atoms with E-state index >= 15 is 0 Å². The van der Waals surface area contributed by atoms with E-state index < -0.39 is 0 Å². The van der Waals surface area contributed by atoms with Crippen molar-refractivity contribution in [1.29, 1.82) is 0 Å². The lowest BCUT2D eigenvalue weighted by Gasteiger charge is -2.05. The van der Waals surface area contributed by atoms with E-state index in [4.69, 9.17) is 11.6 Å². The molecule has 0 aliphatic heterocycles. The molecule has 14 heavy (non-hydrogen) atoms. The lowest BCUT2D eigenvalue weighted by molar-refractivity contribution is 0.989. The highest BCUT2D eigenvalue weighted by atomic mass is 35.5. The van der Waals surface area contributed by atoms with E-state index in [1.54, 1.807) is 11.3 Å². The first kappa shape index (κ1) is 9.81. The van der Waals surface area contributed by atoms with Gasteiger partial charge in [0.2, 0.25) is 0 Å². The van der Waals surface area contributed by atoms with Crippen LogP contribution in [0.15, 0.2) is 29.6 Å². The fourth-order valence-corrected chi connectivity index (χ4v) is 2.45. The summed E-state index contributed by atoms with van der Waals surface area (Å²) in [5.74, 6) is 0.716. The zero-order valence-corrected chi connectivity index (χ0v) is 9.37. The van der Waals surface area contributed by atoms with Crippen LogP contribution in [-0.4, -0.2) is 12.4 Å². The Morgan fingerprint density at radius 3 is 3.07 bits per heavy atom. The van der Waals surface area contributed by atoms with Gasteiger partial charge in [-0.05, 0) is 29.3 Å². The summed E-state index contributed by atoms with van der Waals surface area (Å²) in [4.78, 5) is 0. The average molecular weight is 226 g/mol. The summed E-state index contributed by atoms with van der Waals surface area (Å²) in [6.45, 7) is 0.945. The van der Waals surface area contributed by atoms with Crippen molar-refractivity contribution in [2.75, 3.05) is 17.7 Å². The minimum absolute atomic E-state index is 0.716. The van der Waals surface area contributed by atoms with Crippen LogP contribution in [0.4, 0.5) is 5.69 Å². The van der Waals surface area contributed by atoms with Crippen molar-refractivity contribution in [2.24, 2.45) is 0 Å². The molecule has 0 radical (unpaired) electrons. The number of hydrogen-bond donors (Lipinski definition) is 1. The van der Waals surface area contributed by atoms with Gasteiger partial charge < -0.3 is 5.32 Å². The first-order valence-corrected chi connectivity index (χ1v) is 6.09. The summed E-state index contributed by atoms with van der Waals surface area (Å²) in [5, 5.41) is 6.83. The largest absolute Gasteiger partial charge is 0.384 e. The number of alkyl halides is 1. The van der Waals surface area contributed by atoms with Crippen molar-refractivity contribution in [1.82, 2.24) is 0 Å². The molecular weight excluding hydrogens is 214 g/mol. The third-order valence-corrected chi connectivity index (χ3v) is 3.34. The number of fused-ring (bicyclic) bond motifs is 1. The van der Waals surface area contributed by atoms with Crippen molar-refractivity contribution < 1.29 is 0 Å². The summed E-state index contributed by atoms with van der Waals surface area (Å²) in [6.07, 6.45) is 1.00. The number of rotatable bonds is 4. The molecule has 0 saturated carbocycles. The van der Waals surface area contributed by atoms with Crippen LogP contribution in [0, 0.1) is 0 Å². The third-order valence-electron chi connectivity index (χ3n) is 2.10. The Balaban J connectivity index is 2.19. The summed E-state index contributed by atoms with van der Waals surface area (Å²) >= 11 is 7.40. The maximum absolute atomic E-state index is 5.63. The Morgan fingerprint density at radius 1 is 1.29 bits per heavy atom. The van der Waals surface area contributed by atoms with Crippen molar-refractivity contribution in [3.05, 3.63) is 29.6 Å². The van der Waals surface area contributed by atoms with Gasteiger partial charge in [-0.25, -0.2) is 0 Å². The molecule has 0 saturated heterocycles. The van der Waals surface area contributed by atoms with Gasteiger partial charge in [0.1, 0.15) is 0 Å². The van der Waals surface area contributed by atoms with Crippen LogP contribution in [0.1, 0.15) is 6.42 Å². The van der Waals surface area contributed by atoms with Crippen molar-refractivity contribution in [3.63, 3.8) is 0 Å². The van der Waals surface area contributed by atoms with Crippen molar-refractivity contribution >= 4 is 38.7 Å². The van der Waals surface area contributed by atoms with Crippen LogP contribution in [0.25, 0.3) is 10.1 Å². The topological polar surface area (TPSA) is 12.0 Å². The molecule has 1 nitrogen and oxygen atoms in total. The average Bonchev–Trinajstić information content (AvgIpc) is 2.67.